The van der Waals surface area contributed by atoms with E-state index in [9.17, 15) is 22.7 Å². The third-order valence-electron chi connectivity index (χ3n) is 8.04. The summed E-state index contributed by atoms with van der Waals surface area (Å²) in [6.45, 7) is 5.54. The van der Waals surface area contributed by atoms with E-state index >= 15 is 0 Å². The first-order valence-electron chi connectivity index (χ1n) is 13.4. The number of thiazole rings is 1. The number of carbonyl (C=O) groups excluding carboxylic acids is 1. The van der Waals surface area contributed by atoms with Gasteiger partial charge in [-0.1, -0.05) is 23.5 Å². The van der Waals surface area contributed by atoms with Crippen LogP contribution in [0, 0.1) is 5.82 Å². The quantitative estimate of drug-likeness (QED) is 0.440. The Kier molecular flexibility index (Phi) is 7.38. The number of hydrogen-bond donors (Lipinski definition) is 1. The number of imidazole rings is 1. The van der Waals surface area contributed by atoms with Crippen LogP contribution in [0.1, 0.15) is 30.6 Å². The number of aliphatic hydroxyl groups is 1. The Hall–Kier alpha value is -2.91. The molecular weight excluding hydrogens is 557 g/mol. The molecule has 0 bridgehead atoms. The minimum atomic E-state index is -3.71. The molecule has 6 rings (SSSR count). The van der Waals surface area contributed by atoms with Gasteiger partial charge in [0.2, 0.25) is 5.91 Å². The molecule has 3 aliphatic heterocycles. The molecule has 0 radical (unpaired) electrons. The van der Waals surface area contributed by atoms with Gasteiger partial charge in [0.25, 0.3) is 10.0 Å². The van der Waals surface area contributed by atoms with Crippen LogP contribution in [0.15, 0.2) is 47.2 Å². The van der Waals surface area contributed by atoms with E-state index in [1.807, 2.05) is 18.0 Å². The van der Waals surface area contributed by atoms with Gasteiger partial charge in [-0.15, -0.1) is 0 Å². The lowest BCUT2D eigenvalue weighted by Crippen LogP contribution is -2.53. The second kappa shape index (κ2) is 10.8. The van der Waals surface area contributed by atoms with E-state index < -0.39 is 16.1 Å². The Balaban J connectivity index is 1.07. The van der Waals surface area contributed by atoms with Gasteiger partial charge < -0.3 is 19.5 Å². The zero-order valence-corrected chi connectivity index (χ0v) is 23.8. The summed E-state index contributed by atoms with van der Waals surface area (Å²) >= 11 is 1.09. The number of sulfonamides is 1. The van der Waals surface area contributed by atoms with Gasteiger partial charge in [0.05, 0.1) is 43.0 Å². The molecule has 214 valence electrons. The molecule has 5 heterocycles. The van der Waals surface area contributed by atoms with Crippen molar-refractivity contribution in [1.82, 2.24) is 28.6 Å². The Bertz CT molecular complexity index is 1470. The number of fused-ring (bicyclic) bond motifs is 1. The van der Waals surface area contributed by atoms with E-state index in [1.165, 1.54) is 22.6 Å². The third-order valence-corrected chi connectivity index (χ3v) is 11.4. The number of aliphatic hydroxyl groups excluding tert-OH is 1. The van der Waals surface area contributed by atoms with E-state index in [1.54, 1.807) is 23.4 Å². The highest BCUT2D eigenvalue weighted by atomic mass is 32.2. The van der Waals surface area contributed by atoms with Crippen LogP contribution in [-0.2, 0) is 21.4 Å². The first-order valence-corrected chi connectivity index (χ1v) is 15.6. The van der Waals surface area contributed by atoms with E-state index in [0.29, 0.717) is 57.4 Å². The zero-order valence-electron chi connectivity index (χ0n) is 22.1. The van der Waals surface area contributed by atoms with Gasteiger partial charge in [0.15, 0.2) is 9.34 Å². The monoisotopic (exact) mass is 589 g/mol. The van der Waals surface area contributed by atoms with Crippen molar-refractivity contribution in [3.63, 3.8) is 0 Å². The molecule has 11 nitrogen and oxygen atoms in total. The summed E-state index contributed by atoms with van der Waals surface area (Å²) in [5.41, 5.74) is 1.98. The van der Waals surface area contributed by atoms with Crippen molar-refractivity contribution in [3.05, 3.63) is 60.1 Å². The number of halogens is 1. The van der Waals surface area contributed by atoms with Crippen LogP contribution in [0.3, 0.4) is 0 Å². The first-order chi connectivity index (χ1) is 19.2. The Morgan fingerprint density at radius 2 is 1.88 bits per heavy atom. The van der Waals surface area contributed by atoms with Gasteiger partial charge in [-0.05, 0) is 31.0 Å². The number of benzene rings is 1. The van der Waals surface area contributed by atoms with Gasteiger partial charge in [-0.2, -0.15) is 4.31 Å². The standard InChI is InChI=1S/C26H32FN7O4S2/c1-18(19-2-4-20(27)5-3-19)34-17-28-11-22(34)13-30-6-8-32(9-7-30)40(37,38)25-12-29-26(39-25)31-14-21-10-23(35)15-33(21)24(36)16-31/h2-5,11-12,17-18,21,23,35H,6-10,13-16H2,1H3/t18-,21+,23-/m1/s1. The molecule has 2 aromatic heterocycles. The molecule has 0 aliphatic carbocycles. The zero-order chi connectivity index (χ0) is 28.0. The number of aromatic nitrogens is 3. The largest absolute Gasteiger partial charge is 0.391 e. The van der Waals surface area contributed by atoms with Crippen molar-refractivity contribution in [1.29, 1.82) is 0 Å². The minimum Gasteiger partial charge on any atom is -0.391 e. The molecule has 3 aromatic rings. The van der Waals surface area contributed by atoms with Gasteiger partial charge in [0.1, 0.15) is 5.82 Å². The third kappa shape index (κ3) is 5.26. The predicted molar refractivity (Wildman–Crippen MR) is 147 cm³/mol. The number of piperazine rings is 2. The Labute approximate surface area is 236 Å². The smallest absolute Gasteiger partial charge is 0.254 e. The van der Waals surface area contributed by atoms with Crippen LogP contribution in [0.2, 0.25) is 0 Å². The molecule has 3 fully saturated rings. The Morgan fingerprint density at radius 3 is 2.62 bits per heavy atom. The maximum atomic E-state index is 13.4. The molecule has 1 amide bonds. The van der Waals surface area contributed by atoms with Crippen molar-refractivity contribution in [3.8, 4) is 0 Å². The second-order valence-corrected chi connectivity index (χ2v) is 13.8. The highest BCUT2D eigenvalue weighted by Gasteiger charge is 2.40. The van der Waals surface area contributed by atoms with Crippen LogP contribution in [0.4, 0.5) is 9.52 Å². The summed E-state index contributed by atoms with van der Waals surface area (Å²) in [5.74, 6) is -0.344. The summed E-state index contributed by atoms with van der Waals surface area (Å²) in [6.07, 6.45) is 4.98. The number of amides is 1. The summed E-state index contributed by atoms with van der Waals surface area (Å²) in [5, 5.41) is 10.5. The van der Waals surface area contributed by atoms with Crippen molar-refractivity contribution >= 4 is 32.4 Å². The van der Waals surface area contributed by atoms with Crippen LogP contribution in [-0.4, -0.2) is 106 Å². The fourth-order valence-electron chi connectivity index (χ4n) is 5.79. The normalized spacial score (nSPS) is 23.5. The SMILES string of the molecule is C[C@H](c1ccc(F)cc1)n1cncc1CN1CCN(S(=O)(=O)c2cnc(N3CC(=O)N4C[C@H](O)C[C@H]4C3)s2)CC1. The van der Waals surface area contributed by atoms with Gasteiger partial charge in [-0.3, -0.25) is 9.69 Å². The van der Waals surface area contributed by atoms with E-state index in [0.717, 1.165) is 22.6 Å². The molecule has 3 atom stereocenters. The van der Waals surface area contributed by atoms with Crippen molar-refractivity contribution in [2.45, 2.75) is 42.3 Å². The summed E-state index contributed by atoms with van der Waals surface area (Å²) in [4.78, 5) is 27.0. The van der Waals surface area contributed by atoms with Crippen molar-refractivity contribution in [2.75, 3.05) is 50.7 Å². The number of carbonyl (C=O) groups is 1. The van der Waals surface area contributed by atoms with Crippen LogP contribution >= 0.6 is 11.3 Å². The fraction of sp³-hybridized carbons (Fsp3) is 0.500. The van der Waals surface area contributed by atoms with Crippen LogP contribution < -0.4 is 4.90 Å². The van der Waals surface area contributed by atoms with Crippen molar-refractivity contribution in [2.24, 2.45) is 0 Å². The molecular formula is C26H32FN7O4S2. The highest BCUT2D eigenvalue weighted by Crippen LogP contribution is 2.32. The van der Waals surface area contributed by atoms with Crippen molar-refractivity contribution < 1.29 is 22.7 Å². The lowest BCUT2D eigenvalue weighted by molar-refractivity contribution is -0.132. The summed E-state index contributed by atoms with van der Waals surface area (Å²) in [6, 6.07) is 6.36. The maximum Gasteiger partial charge on any atom is 0.254 e. The number of rotatable bonds is 7. The fourth-order valence-corrected chi connectivity index (χ4v) is 8.50. The average molecular weight is 590 g/mol. The Morgan fingerprint density at radius 1 is 1.12 bits per heavy atom. The van der Waals surface area contributed by atoms with Crippen LogP contribution in [0.25, 0.3) is 0 Å². The lowest BCUT2D eigenvalue weighted by atomic mass is 10.1. The average Bonchev–Trinajstić information content (AvgIpc) is 3.69. The first kappa shape index (κ1) is 27.3. The van der Waals surface area contributed by atoms with E-state index in [-0.39, 0.29) is 34.6 Å². The van der Waals surface area contributed by atoms with Gasteiger partial charge in [0, 0.05) is 52.0 Å². The molecule has 40 heavy (non-hydrogen) atoms. The molecule has 0 spiro atoms. The molecule has 14 heteroatoms. The molecule has 1 aromatic carbocycles. The van der Waals surface area contributed by atoms with Crippen LogP contribution in [0.5, 0.6) is 0 Å². The number of anilines is 1. The lowest BCUT2D eigenvalue weighted by Gasteiger charge is -2.36. The predicted octanol–water partition coefficient (Wildman–Crippen LogP) is 1.38. The molecule has 1 N–H and O–H groups in total. The summed E-state index contributed by atoms with van der Waals surface area (Å²) in [7, 11) is -3.71. The van der Waals surface area contributed by atoms with E-state index in [2.05, 4.69) is 19.4 Å². The molecule has 0 saturated carbocycles. The number of hydrogen-bond acceptors (Lipinski definition) is 9. The molecule has 3 saturated heterocycles. The molecule has 0 unspecified atom stereocenters. The minimum absolute atomic E-state index is 0.0164. The second-order valence-electron chi connectivity index (χ2n) is 10.6. The summed E-state index contributed by atoms with van der Waals surface area (Å²) < 4.78 is 44.0. The molecule has 3 aliphatic rings. The van der Waals surface area contributed by atoms with Gasteiger partial charge >= 0.3 is 0 Å². The number of nitrogens with zero attached hydrogens (tertiary/aromatic N) is 7. The topological polar surface area (TPSA) is 115 Å². The van der Waals surface area contributed by atoms with E-state index in [4.69, 9.17) is 0 Å². The van der Waals surface area contributed by atoms with Gasteiger partial charge in [-0.25, -0.2) is 22.8 Å². The highest BCUT2D eigenvalue weighted by molar-refractivity contribution is 7.91. The maximum absolute atomic E-state index is 13.4.